The lowest BCUT2D eigenvalue weighted by Gasteiger charge is -2.35. The molecule has 0 aromatic heterocycles. The van der Waals surface area contributed by atoms with E-state index >= 15 is 0 Å². The van der Waals surface area contributed by atoms with Crippen LogP contribution in [0, 0.1) is 5.92 Å². The molecule has 1 saturated heterocycles. The van der Waals surface area contributed by atoms with E-state index in [9.17, 15) is 9.59 Å². The fourth-order valence-corrected chi connectivity index (χ4v) is 4.37. The monoisotopic (exact) mass is 356 g/mol. The van der Waals surface area contributed by atoms with Gasteiger partial charge in [0.1, 0.15) is 5.60 Å². The zero-order valence-electron chi connectivity index (χ0n) is 15.0. The molecule has 1 fully saturated rings. The van der Waals surface area contributed by atoms with Crippen molar-refractivity contribution in [3.05, 3.63) is 10.6 Å². The number of amides is 1. The van der Waals surface area contributed by atoms with E-state index in [1.807, 2.05) is 20.8 Å². The van der Waals surface area contributed by atoms with E-state index in [2.05, 4.69) is 0 Å². The Morgan fingerprint density at radius 1 is 1.29 bits per heavy atom. The summed E-state index contributed by atoms with van der Waals surface area (Å²) in [7, 11) is 0. The second-order valence-corrected chi connectivity index (χ2v) is 8.51. The molecule has 6 nitrogen and oxygen atoms in total. The highest BCUT2D eigenvalue weighted by atomic mass is 32.2. The van der Waals surface area contributed by atoms with E-state index in [1.54, 1.807) is 23.6 Å². The van der Waals surface area contributed by atoms with Crippen molar-refractivity contribution in [1.82, 2.24) is 4.90 Å². The van der Waals surface area contributed by atoms with Crippen molar-refractivity contribution in [3.63, 3.8) is 0 Å². The summed E-state index contributed by atoms with van der Waals surface area (Å²) >= 11 is 1.58. The summed E-state index contributed by atoms with van der Waals surface area (Å²) < 4.78 is 10.5. The van der Waals surface area contributed by atoms with E-state index in [1.165, 1.54) is 0 Å². The van der Waals surface area contributed by atoms with Crippen LogP contribution in [-0.2, 0) is 14.3 Å². The molecule has 0 aromatic carbocycles. The molecule has 1 atom stereocenters. The van der Waals surface area contributed by atoms with Gasteiger partial charge < -0.3 is 20.1 Å². The third kappa shape index (κ3) is 4.82. The van der Waals surface area contributed by atoms with Crippen LogP contribution in [-0.4, -0.2) is 47.5 Å². The fraction of sp³-hybridized carbons (Fsp3) is 0.765. The van der Waals surface area contributed by atoms with Crippen molar-refractivity contribution in [1.29, 1.82) is 0 Å². The zero-order valence-corrected chi connectivity index (χ0v) is 15.8. The average Bonchev–Trinajstić information content (AvgIpc) is 2.88. The van der Waals surface area contributed by atoms with Gasteiger partial charge in [-0.05, 0) is 52.9 Å². The number of carbonyl (C=O) groups excluding carboxylic acids is 2. The lowest BCUT2D eigenvalue weighted by Crippen LogP contribution is -2.43. The van der Waals surface area contributed by atoms with Crippen molar-refractivity contribution >= 4 is 23.8 Å². The van der Waals surface area contributed by atoms with E-state index in [-0.39, 0.29) is 12.1 Å². The minimum atomic E-state index is -0.470. The van der Waals surface area contributed by atoms with Crippen LogP contribution in [0.25, 0.3) is 0 Å². The van der Waals surface area contributed by atoms with Gasteiger partial charge in [0, 0.05) is 18.3 Å². The summed E-state index contributed by atoms with van der Waals surface area (Å²) in [5.41, 5.74) is 6.15. The van der Waals surface area contributed by atoms with Crippen molar-refractivity contribution < 1.29 is 19.1 Å². The predicted octanol–water partition coefficient (Wildman–Crippen LogP) is 2.87. The molecule has 2 aliphatic heterocycles. The van der Waals surface area contributed by atoms with Crippen molar-refractivity contribution in [2.75, 3.05) is 19.7 Å². The van der Waals surface area contributed by atoms with Crippen LogP contribution in [0.3, 0.4) is 0 Å². The number of rotatable bonds is 3. The molecule has 1 unspecified atom stereocenters. The number of esters is 1. The van der Waals surface area contributed by atoms with Crippen molar-refractivity contribution in [3.8, 4) is 0 Å². The molecule has 0 aromatic rings. The van der Waals surface area contributed by atoms with Crippen LogP contribution in [0.15, 0.2) is 10.6 Å². The second-order valence-electron chi connectivity index (χ2n) is 7.23. The van der Waals surface area contributed by atoms with Gasteiger partial charge in [-0.1, -0.05) is 0 Å². The summed E-state index contributed by atoms with van der Waals surface area (Å²) in [5, 5.41) is 0.887. The Kier molecular flexibility index (Phi) is 6.06. The first-order chi connectivity index (χ1) is 11.2. The highest BCUT2D eigenvalue weighted by molar-refractivity contribution is 8.03. The van der Waals surface area contributed by atoms with Gasteiger partial charge >= 0.3 is 12.1 Å². The smallest absolute Gasteiger partial charge is 0.410 e. The first-order valence-corrected chi connectivity index (χ1v) is 9.39. The molecule has 0 radical (unpaired) electrons. The summed E-state index contributed by atoms with van der Waals surface area (Å²) in [6, 6.07) is 0. The highest BCUT2D eigenvalue weighted by Gasteiger charge is 2.36. The van der Waals surface area contributed by atoms with E-state index in [0.717, 1.165) is 12.8 Å². The molecule has 136 valence electrons. The number of thioether (sulfide) groups is 1. The normalized spacial score (nSPS) is 22.7. The maximum Gasteiger partial charge on any atom is 0.410 e. The number of hydrogen-bond acceptors (Lipinski definition) is 6. The summed E-state index contributed by atoms with van der Waals surface area (Å²) in [6.07, 6.45) is 2.22. The Balaban J connectivity index is 1.84. The molecule has 2 aliphatic rings. The summed E-state index contributed by atoms with van der Waals surface area (Å²) in [4.78, 5) is 25.8. The maximum atomic E-state index is 12.1. The van der Waals surface area contributed by atoms with Crippen LogP contribution in [0.2, 0.25) is 0 Å². The molecule has 2 heterocycles. The predicted molar refractivity (Wildman–Crippen MR) is 94.4 cm³/mol. The van der Waals surface area contributed by atoms with Gasteiger partial charge in [-0.2, -0.15) is 0 Å². The average molecular weight is 356 g/mol. The van der Waals surface area contributed by atoms with Gasteiger partial charge in [0.15, 0.2) is 0 Å². The number of piperidine rings is 1. The SMILES string of the molecule is CCOC(=O)C1=C(N)SC(C2CCN(C(=O)OC(C)(C)C)CC2)C1. The fourth-order valence-electron chi connectivity index (χ4n) is 3.02. The van der Waals surface area contributed by atoms with Gasteiger partial charge in [-0.15, -0.1) is 11.8 Å². The lowest BCUT2D eigenvalue weighted by molar-refractivity contribution is -0.138. The molecule has 24 heavy (non-hydrogen) atoms. The second kappa shape index (κ2) is 7.68. The molecular weight excluding hydrogens is 328 g/mol. The van der Waals surface area contributed by atoms with Gasteiger partial charge in [0.25, 0.3) is 0 Å². The Labute approximate surface area is 148 Å². The molecule has 0 bridgehead atoms. The minimum Gasteiger partial charge on any atom is -0.463 e. The molecule has 2 rings (SSSR count). The maximum absolute atomic E-state index is 12.1. The van der Waals surface area contributed by atoms with Crippen LogP contribution in [0.5, 0.6) is 0 Å². The standard InChI is InChI=1S/C17H28N2O4S/c1-5-22-15(20)12-10-13(24-14(12)18)11-6-8-19(9-7-11)16(21)23-17(2,3)4/h11,13H,5-10,18H2,1-4H3. The first kappa shape index (κ1) is 19.0. The largest absolute Gasteiger partial charge is 0.463 e. The Hall–Kier alpha value is -1.37. The van der Waals surface area contributed by atoms with Gasteiger partial charge in [-0.3, -0.25) is 0 Å². The van der Waals surface area contributed by atoms with Crippen LogP contribution in [0.1, 0.15) is 47.0 Å². The zero-order chi connectivity index (χ0) is 17.9. The van der Waals surface area contributed by atoms with E-state index in [4.69, 9.17) is 15.2 Å². The van der Waals surface area contributed by atoms with Crippen LogP contribution >= 0.6 is 11.8 Å². The molecular formula is C17H28N2O4S. The number of likely N-dealkylation sites (tertiary alicyclic amines) is 1. The Morgan fingerprint density at radius 2 is 1.92 bits per heavy atom. The summed E-state index contributed by atoms with van der Waals surface area (Å²) in [5.74, 6) is 0.148. The number of nitrogens with two attached hydrogens (primary N) is 1. The topological polar surface area (TPSA) is 81.9 Å². The molecule has 7 heteroatoms. The molecule has 0 aliphatic carbocycles. The third-order valence-corrected chi connectivity index (χ3v) is 5.57. The molecule has 0 saturated carbocycles. The van der Waals surface area contributed by atoms with Crippen LogP contribution < -0.4 is 5.73 Å². The highest BCUT2D eigenvalue weighted by Crippen LogP contribution is 2.42. The minimum absolute atomic E-state index is 0.245. The van der Waals surface area contributed by atoms with E-state index in [0.29, 0.717) is 47.9 Å². The molecule has 1 amide bonds. The van der Waals surface area contributed by atoms with Crippen molar-refractivity contribution in [2.45, 2.75) is 57.8 Å². The Bertz CT molecular complexity index is 519. The quantitative estimate of drug-likeness (QED) is 0.783. The molecule has 0 spiro atoms. The van der Waals surface area contributed by atoms with Crippen LogP contribution in [0.4, 0.5) is 4.79 Å². The van der Waals surface area contributed by atoms with Crippen molar-refractivity contribution in [2.24, 2.45) is 11.7 Å². The van der Waals surface area contributed by atoms with Gasteiger partial charge in [0.05, 0.1) is 17.2 Å². The number of nitrogens with zero attached hydrogens (tertiary/aromatic N) is 1. The van der Waals surface area contributed by atoms with Gasteiger partial charge in [-0.25, -0.2) is 9.59 Å². The first-order valence-electron chi connectivity index (χ1n) is 8.51. The number of hydrogen-bond donors (Lipinski definition) is 1. The van der Waals surface area contributed by atoms with E-state index < -0.39 is 5.60 Å². The third-order valence-electron chi connectivity index (χ3n) is 4.22. The number of carbonyl (C=O) groups is 2. The van der Waals surface area contributed by atoms with Gasteiger partial charge in [0.2, 0.25) is 0 Å². The molecule has 2 N–H and O–H groups in total. The number of ether oxygens (including phenoxy) is 2. The summed E-state index contributed by atoms with van der Waals surface area (Å²) in [6.45, 7) is 9.14. The Morgan fingerprint density at radius 3 is 2.46 bits per heavy atom. The lowest BCUT2D eigenvalue weighted by atomic mass is 9.90.